The highest BCUT2D eigenvalue weighted by Crippen LogP contribution is 2.33. The maximum Gasteiger partial charge on any atom is 0.0775 e. The van der Waals surface area contributed by atoms with Gasteiger partial charge in [-0.2, -0.15) is 0 Å². The van der Waals surface area contributed by atoms with Crippen LogP contribution in [0.2, 0.25) is 0 Å². The molecule has 1 aliphatic heterocycles. The highest BCUT2D eigenvalue weighted by atomic mass is 16.3. The summed E-state index contributed by atoms with van der Waals surface area (Å²) in [5.41, 5.74) is 0.994. The molecule has 1 aromatic rings. The van der Waals surface area contributed by atoms with E-state index in [0.29, 0.717) is 0 Å². The van der Waals surface area contributed by atoms with Gasteiger partial charge in [-0.3, -0.25) is 0 Å². The Kier molecular flexibility index (Phi) is 2.57. The molecule has 14 heavy (non-hydrogen) atoms. The molecule has 0 amide bonds. The van der Waals surface area contributed by atoms with Gasteiger partial charge in [0.05, 0.1) is 11.6 Å². The molecule has 1 aliphatic rings. The fraction of sp³-hybridized carbons (Fsp3) is 0.500. The molecule has 76 valence electrons. The van der Waals surface area contributed by atoms with Crippen LogP contribution in [0.5, 0.6) is 0 Å². The number of aliphatic hydroxyl groups is 1. The fourth-order valence-corrected chi connectivity index (χ4v) is 2.39. The Morgan fingerprint density at radius 3 is 2.64 bits per heavy atom. The van der Waals surface area contributed by atoms with Crippen LogP contribution in [0, 0.1) is 0 Å². The van der Waals surface area contributed by atoms with E-state index in [2.05, 4.69) is 24.4 Å². The summed E-state index contributed by atoms with van der Waals surface area (Å²) in [5.74, 6) is 0. The van der Waals surface area contributed by atoms with Crippen molar-refractivity contribution in [3.05, 3.63) is 35.9 Å². The van der Waals surface area contributed by atoms with E-state index in [1.165, 1.54) is 5.56 Å². The number of hydrogen-bond donors (Lipinski definition) is 2. The molecule has 2 heteroatoms. The van der Waals surface area contributed by atoms with Crippen LogP contribution >= 0.6 is 0 Å². The zero-order valence-electron chi connectivity index (χ0n) is 8.53. The fourth-order valence-electron chi connectivity index (χ4n) is 2.39. The molecule has 0 saturated carbocycles. The summed E-state index contributed by atoms with van der Waals surface area (Å²) in [6.07, 6.45) is 1.52. The Hall–Kier alpha value is -0.860. The maximum absolute atomic E-state index is 10.0. The summed E-state index contributed by atoms with van der Waals surface area (Å²) in [6, 6.07) is 10.2. The Bertz CT molecular complexity index is 298. The maximum atomic E-state index is 10.0. The first-order chi connectivity index (χ1) is 6.79. The SMILES string of the molecule is CCC1(c2ccccc2)NCCC1O. The van der Waals surface area contributed by atoms with E-state index >= 15 is 0 Å². The van der Waals surface area contributed by atoms with Gasteiger partial charge in [-0.25, -0.2) is 0 Å². The third-order valence-corrected chi connectivity index (χ3v) is 3.27. The lowest BCUT2D eigenvalue weighted by Gasteiger charge is -2.32. The smallest absolute Gasteiger partial charge is 0.0775 e. The summed E-state index contributed by atoms with van der Waals surface area (Å²) < 4.78 is 0. The molecule has 2 nitrogen and oxygen atoms in total. The summed E-state index contributed by atoms with van der Waals surface area (Å²) in [6.45, 7) is 3.03. The molecule has 1 fully saturated rings. The van der Waals surface area contributed by atoms with Gasteiger partial charge in [0.1, 0.15) is 0 Å². The molecule has 0 aliphatic carbocycles. The van der Waals surface area contributed by atoms with Crippen LogP contribution < -0.4 is 5.32 Å². The van der Waals surface area contributed by atoms with E-state index in [0.717, 1.165) is 19.4 Å². The zero-order chi connectivity index (χ0) is 10.0. The molecule has 2 rings (SSSR count). The van der Waals surface area contributed by atoms with Gasteiger partial charge < -0.3 is 10.4 Å². The van der Waals surface area contributed by atoms with E-state index in [-0.39, 0.29) is 11.6 Å². The second-order valence-electron chi connectivity index (χ2n) is 3.92. The molecule has 2 unspecified atom stereocenters. The Balaban J connectivity index is 2.38. The number of benzene rings is 1. The zero-order valence-corrected chi connectivity index (χ0v) is 8.53. The van der Waals surface area contributed by atoms with Crippen molar-refractivity contribution in [1.82, 2.24) is 5.32 Å². The molecule has 0 aromatic heterocycles. The van der Waals surface area contributed by atoms with Gasteiger partial charge in [0.25, 0.3) is 0 Å². The van der Waals surface area contributed by atoms with Crippen LogP contribution in [0.4, 0.5) is 0 Å². The van der Waals surface area contributed by atoms with Gasteiger partial charge in [0, 0.05) is 0 Å². The van der Waals surface area contributed by atoms with E-state index in [9.17, 15) is 5.11 Å². The predicted molar refractivity (Wildman–Crippen MR) is 57.0 cm³/mol. The average Bonchev–Trinajstić information content (AvgIpc) is 2.62. The molecule has 1 saturated heterocycles. The molecule has 0 spiro atoms. The van der Waals surface area contributed by atoms with Gasteiger partial charge in [-0.15, -0.1) is 0 Å². The van der Waals surface area contributed by atoms with Crippen molar-refractivity contribution >= 4 is 0 Å². The third kappa shape index (κ3) is 1.35. The van der Waals surface area contributed by atoms with Crippen LogP contribution in [0.25, 0.3) is 0 Å². The lowest BCUT2D eigenvalue weighted by molar-refractivity contribution is 0.0930. The Morgan fingerprint density at radius 2 is 2.14 bits per heavy atom. The lowest BCUT2D eigenvalue weighted by atomic mass is 9.84. The van der Waals surface area contributed by atoms with Gasteiger partial charge in [-0.05, 0) is 24.9 Å². The molecule has 2 N–H and O–H groups in total. The Labute approximate surface area is 85.0 Å². The van der Waals surface area contributed by atoms with E-state index in [4.69, 9.17) is 0 Å². The summed E-state index contributed by atoms with van der Waals surface area (Å²) >= 11 is 0. The third-order valence-electron chi connectivity index (χ3n) is 3.27. The molecule has 0 bridgehead atoms. The molecule has 2 atom stereocenters. The van der Waals surface area contributed by atoms with E-state index in [1.807, 2.05) is 18.2 Å². The molecular formula is C12H17NO. The lowest BCUT2D eigenvalue weighted by Crippen LogP contribution is -2.44. The van der Waals surface area contributed by atoms with Crippen molar-refractivity contribution in [2.24, 2.45) is 0 Å². The number of hydrogen-bond acceptors (Lipinski definition) is 2. The van der Waals surface area contributed by atoms with Crippen LogP contribution in [0.15, 0.2) is 30.3 Å². The topological polar surface area (TPSA) is 32.3 Å². The van der Waals surface area contributed by atoms with Crippen molar-refractivity contribution in [2.75, 3.05) is 6.54 Å². The first-order valence-electron chi connectivity index (χ1n) is 5.28. The molecule has 1 aromatic carbocycles. The monoisotopic (exact) mass is 191 g/mol. The summed E-state index contributed by atoms with van der Waals surface area (Å²) in [5, 5.41) is 13.5. The predicted octanol–water partition coefficient (Wildman–Crippen LogP) is 1.65. The van der Waals surface area contributed by atoms with Gasteiger partial charge in [0.15, 0.2) is 0 Å². The number of rotatable bonds is 2. The normalized spacial score (nSPS) is 32.0. The molecular weight excluding hydrogens is 174 g/mol. The van der Waals surface area contributed by atoms with Crippen molar-refractivity contribution in [3.63, 3.8) is 0 Å². The van der Waals surface area contributed by atoms with Crippen LogP contribution in [0.3, 0.4) is 0 Å². The minimum absolute atomic E-state index is 0.207. The van der Waals surface area contributed by atoms with Crippen molar-refractivity contribution in [1.29, 1.82) is 0 Å². The highest BCUT2D eigenvalue weighted by Gasteiger charge is 2.41. The van der Waals surface area contributed by atoms with Gasteiger partial charge in [-0.1, -0.05) is 37.3 Å². The first-order valence-corrected chi connectivity index (χ1v) is 5.28. The van der Waals surface area contributed by atoms with Crippen molar-refractivity contribution in [2.45, 2.75) is 31.4 Å². The van der Waals surface area contributed by atoms with Crippen molar-refractivity contribution < 1.29 is 5.11 Å². The number of nitrogens with one attached hydrogen (secondary N) is 1. The minimum Gasteiger partial charge on any atom is -0.391 e. The standard InChI is InChI=1S/C12H17NO/c1-2-12(11(14)8-9-13-12)10-6-4-3-5-7-10/h3-7,11,13-14H,2,8-9H2,1H3. The van der Waals surface area contributed by atoms with E-state index in [1.54, 1.807) is 0 Å². The Morgan fingerprint density at radius 1 is 1.43 bits per heavy atom. The van der Waals surface area contributed by atoms with Crippen LogP contribution in [-0.4, -0.2) is 17.8 Å². The molecule has 1 heterocycles. The highest BCUT2D eigenvalue weighted by molar-refractivity contribution is 5.27. The number of aliphatic hydroxyl groups excluding tert-OH is 1. The van der Waals surface area contributed by atoms with E-state index < -0.39 is 0 Å². The van der Waals surface area contributed by atoms with Gasteiger partial charge >= 0.3 is 0 Å². The average molecular weight is 191 g/mol. The second-order valence-corrected chi connectivity index (χ2v) is 3.92. The van der Waals surface area contributed by atoms with Crippen molar-refractivity contribution in [3.8, 4) is 0 Å². The largest absolute Gasteiger partial charge is 0.391 e. The summed E-state index contributed by atoms with van der Waals surface area (Å²) in [4.78, 5) is 0. The second kappa shape index (κ2) is 3.71. The van der Waals surface area contributed by atoms with Crippen LogP contribution in [0.1, 0.15) is 25.3 Å². The quantitative estimate of drug-likeness (QED) is 0.745. The summed E-state index contributed by atoms with van der Waals surface area (Å²) in [7, 11) is 0. The van der Waals surface area contributed by atoms with Gasteiger partial charge in [0.2, 0.25) is 0 Å². The first kappa shape index (κ1) is 9.69. The minimum atomic E-state index is -0.255. The molecule has 0 radical (unpaired) electrons. The van der Waals surface area contributed by atoms with Crippen LogP contribution in [-0.2, 0) is 5.54 Å².